The van der Waals surface area contributed by atoms with Gasteiger partial charge in [0.15, 0.2) is 5.11 Å². The van der Waals surface area contributed by atoms with Crippen molar-refractivity contribution < 1.29 is 14.3 Å². The Balaban J connectivity index is 1.59. The lowest BCUT2D eigenvalue weighted by Gasteiger charge is -2.15. The van der Waals surface area contributed by atoms with Gasteiger partial charge in [0.25, 0.3) is 11.8 Å². The number of anilines is 1. The summed E-state index contributed by atoms with van der Waals surface area (Å²) >= 11 is 8.72. The lowest BCUT2D eigenvalue weighted by Crippen LogP contribution is -2.34. The van der Waals surface area contributed by atoms with Crippen LogP contribution in [0.5, 0.6) is 5.75 Å². The minimum atomic E-state index is -0.356. The zero-order chi connectivity index (χ0) is 24.5. The van der Waals surface area contributed by atoms with Crippen molar-refractivity contribution in [1.82, 2.24) is 10.6 Å². The lowest BCUT2D eigenvalue weighted by molar-refractivity contribution is 0.0938. The molecule has 0 radical (unpaired) electrons. The maximum absolute atomic E-state index is 12.7. The molecule has 0 aliphatic rings. The van der Waals surface area contributed by atoms with Gasteiger partial charge in [-0.15, -0.1) is 0 Å². The SMILES string of the molecule is CCCOc1ccc(C(=O)NC(=S)Nc2cccc(C(=O)NC(C)c3ccccc3)c2)cc1Br. The Labute approximate surface area is 213 Å². The second-order valence-electron chi connectivity index (χ2n) is 7.59. The van der Waals surface area contributed by atoms with Crippen LogP contribution in [0.3, 0.4) is 0 Å². The van der Waals surface area contributed by atoms with Crippen LogP contribution in [0.1, 0.15) is 52.6 Å². The number of amides is 2. The first-order chi connectivity index (χ1) is 16.4. The van der Waals surface area contributed by atoms with Crippen LogP contribution in [0.4, 0.5) is 5.69 Å². The van der Waals surface area contributed by atoms with Crippen molar-refractivity contribution in [2.45, 2.75) is 26.3 Å². The smallest absolute Gasteiger partial charge is 0.257 e. The highest BCUT2D eigenvalue weighted by Crippen LogP contribution is 2.26. The monoisotopic (exact) mass is 539 g/mol. The van der Waals surface area contributed by atoms with Gasteiger partial charge in [-0.1, -0.05) is 43.3 Å². The van der Waals surface area contributed by atoms with Crippen LogP contribution in [0.15, 0.2) is 77.3 Å². The first-order valence-electron chi connectivity index (χ1n) is 10.9. The number of nitrogens with one attached hydrogen (secondary N) is 3. The molecule has 0 fully saturated rings. The van der Waals surface area contributed by atoms with E-state index >= 15 is 0 Å². The van der Waals surface area contributed by atoms with E-state index in [0.29, 0.717) is 33.6 Å². The van der Waals surface area contributed by atoms with E-state index in [1.807, 2.05) is 44.2 Å². The zero-order valence-corrected chi connectivity index (χ0v) is 21.3. The molecule has 3 rings (SSSR count). The number of hydrogen-bond acceptors (Lipinski definition) is 4. The minimum absolute atomic E-state index is 0.127. The van der Waals surface area contributed by atoms with E-state index < -0.39 is 0 Å². The van der Waals surface area contributed by atoms with E-state index in [1.54, 1.807) is 42.5 Å². The fourth-order valence-electron chi connectivity index (χ4n) is 3.15. The summed E-state index contributed by atoms with van der Waals surface area (Å²) < 4.78 is 6.30. The van der Waals surface area contributed by atoms with Crippen LogP contribution < -0.4 is 20.7 Å². The van der Waals surface area contributed by atoms with Gasteiger partial charge in [0.05, 0.1) is 17.1 Å². The van der Waals surface area contributed by atoms with Crippen molar-refractivity contribution >= 4 is 50.8 Å². The van der Waals surface area contributed by atoms with Crippen molar-refractivity contribution in [3.8, 4) is 5.75 Å². The van der Waals surface area contributed by atoms with Crippen molar-refractivity contribution in [1.29, 1.82) is 0 Å². The van der Waals surface area contributed by atoms with Gasteiger partial charge in [0.1, 0.15) is 5.75 Å². The summed E-state index contributed by atoms with van der Waals surface area (Å²) in [5, 5.41) is 8.73. The molecule has 2 amide bonds. The largest absolute Gasteiger partial charge is 0.492 e. The first kappa shape index (κ1) is 25.4. The van der Waals surface area contributed by atoms with Crippen molar-refractivity contribution in [3.63, 3.8) is 0 Å². The third-order valence-corrected chi connectivity index (χ3v) is 5.74. The van der Waals surface area contributed by atoms with Crippen LogP contribution in [-0.2, 0) is 0 Å². The molecule has 3 N–H and O–H groups in total. The van der Waals surface area contributed by atoms with Gasteiger partial charge in [-0.05, 0) is 83.5 Å². The van der Waals surface area contributed by atoms with Gasteiger partial charge in [-0.2, -0.15) is 0 Å². The summed E-state index contributed by atoms with van der Waals surface area (Å²) in [6, 6.07) is 21.6. The van der Waals surface area contributed by atoms with Crippen LogP contribution in [0, 0.1) is 0 Å². The normalized spacial score (nSPS) is 11.3. The average Bonchev–Trinajstić information content (AvgIpc) is 2.83. The molecule has 0 aliphatic carbocycles. The van der Waals surface area contributed by atoms with Crippen LogP contribution in [0.2, 0.25) is 0 Å². The third kappa shape index (κ3) is 7.13. The number of hydrogen-bond donors (Lipinski definition) is 3. The minimum Gasteiger partial charge on any atom is -0.492 e. The van der Waals surface area contributed by atoms with Crippen molar-refractivity contribution in [2.75, 3.05) is 11.9 Å². The Morgan fingerprint density at radius 1 is 0.971 bits per heavy atom. The number of thiocarbonyl (C=S) groups is 1. The number of carbonyl (C=O) groups excluding carboxylic acids is 2. The molecule has 0 bridgehead atoms. The highest BCUT2D eigenvalue weighted by Gasteiger charge is 2.14. The molecule has 0 saturated carbocycles. The van der Waals surface area contributed by atoms with Gasteiger partial charge in [0, 0.05) is 16.8 Å². The molecule has 1 unspecified atom stereocenters. The van der Waals surface area contributed by atoms with Gasteiger partial charge >= 0.3 is 0 Å². The fourth-order valence-corrected chi connectivity index (χ4v) is 3.86. The molecule has 0 spiro atoms. The zero-order valence-electron chi connectivity index (χ0n) is 18.9. The molecule has 3 aromatic rings. The van der Waals surface area contributed by atoms with Crippen LogP contribution in [-0.4, -0.2) is 23.5 Å². The number of ether oxygens (including phenoxy) is 1. The second-order valence-corrected chi connectivity index (χ2v) is 8.85. The molecule has 0 heterocycles. The number of rotatable bonds is 8. The topological polar surface area (TPSA) is 79.5 Å². The summed E-state index contributed by atoms with van der Waals surface area (Å²) in [6.07, 6.45) is 0.892. The molecule has 1 atom stereocenters. The first-order valence-corrected chi connectivity index (χ1v) is 12.1. The van der Waals surface area contributed by atoms with Gasteiger partial charge in [-0.3, -0.25) is 14.9 Å². The molecule has 6 nitrogen and oxygen atoms in total. The summed E-state index contributed by atoms with van der Waals surface area (Å²) in [5.74, 6) is 0.117. The molecule has 0 aliphatic heterocycles. The predicted molar refractivity (Wildman–Crippen MR) is 142 cm³/mol. The van der Waals surface area contributed by atoms with E-state index in [2.05, 4.69) is 31.9 Å². The summed E-state index contributed by atoms with van der Waals surface area (Å²) in [5.41, 5.74) is 2.52. The molecule has 0 saturated heterocycles. The van der Waals surface area contributed by atoms with Crippen molar-refractivity contribution in [3.05, 3.63) is 94.0 Å². The molecule has 34 heavy (non-hydrogen) atoms. The van der Waals surface area contributed by atoms with E-state index in [4.69, 9.17) is 17.0 Å². The molecule has 8 heteroatoms. The highest BCUT2D eigenvalue weighted by atomic mass is 79.9. The predicted octanol–water partition coefficient (Wildman–Crippen LogP) is 5.86. The highest BCUT2D eigenvalue weighted by molar-refractivity contribution is 9.10. The Bertz CT molecular complexity index is 1170. The van der Waals surface area contributed by atoms with E-state index in [-0.39, 0.29) is 23.0 Å². The second kappa shape index (κ2) is 12.3. The maximum Gasteiger partial charge on any atom is 0.257 e. The van der Waals surface area contributed by atoms with E-state index in [0.717, 1.165) is 12.0 Å². The summed E-state index contributed by atoms with van der Waals surface area (Å²) in [4.78, 5) is 25.3. The quantitative estimate of drug-likeness (QED) is 0.312. The molecule has 0 aromatic heterocycles. The molecule has 3 aromatic carbocycles. The average molecular weight is 540 g/mol. The number of benzene rings is 3. The van der Waals surface area contributed by atoms with E-state index in [9.17, 15) is 9.59 Å². The van der Waals surface area contributed by atoms with E-state index in [1.165, 1.54) is 0 Å². The Morgan fingerprint density at radius 3 is 2.41 bits per heavy atom. The Kier molecular flexibility index (Phi) is 9.18. The van der Waals surface area contributed by atoms with Gasteiger partial charge < -0.3 is 15.4 Å². The fraction of sp³-hybridized carbons (Fsp3) is 0.192. The molecular formula is C26H26BrN3O3S. The Hall–Kier alpha value is -3.23. The Morgan fingerprint density at radius 2 is 1.71 bits per heavy atom. The van der Waals surface area contributed by atoms with Gasteiger partial charge in [0.2, 0.25) is 0 Å². The van der Waals surface area contributed by atoms with Crippen LogP contribution >= 0.6 is 28.1 Å². The lowest BCUT2D eigenvalue weighted by atomic mass is 10.1. The number of halogens is 1. The third-order valence-electron chi connectivity index (χ3n) is 4.91. The summed E-state index contributed by atoms with van der Waals surface area (Å²) in [6.45, 7) is 4.55. The maximum atomic E-state index is 12.7. The van der Waals surface area contributed by atoms with Crippen molar-refractivity contribution in [2.24, 2.45) is 0 Å². The number of carbonyl (C=O) groups is 2. The summed E-state index contributed by atoms with van der Waals surface area (Å²) in [7, 11) is 0. The molecular weight excluding hydrogens is 514 g/mol. The van der Waals surface area contributed by atoms with Gasteiger partial charge in [-0.25, -0.2) is 0 Å². The van der Waals surface area contributed by atoms with Crippen LogP contribution in [0.25, 0.3) is 0 Å². The molecule has 176 valence electrons. The standard InChI is InChI=1S/C26H26BrN3O3S/c1-3-14-33-23-13-12-20(16-22(23)27)25(32)30-26(34)29-21-11-7-10-19(15-21)24(31)28-17(2)18-8-5-4-6-9-18/h4-13,15-17H,3,14H2,1-2H3,(H,28,31)(H2,29,30,32,34).